The highest BCUT2D eigenvalue weighted by molar-refractivity contribution is 6.04. The van der Waals surface area contributed by atoms with Crippen LogP contribution in [0.25, 0.3) is 33.1 Å². The van der Waals surface area contributed by atoms with E-state index in [-0.39, 0.29) is 35.7 Å². The number of carbonyl (C=O) groups excluding carboxylic acids is 4. The summed E-state index contributed by atoms with van der Waals surface area (Å²) in [4.78, 5) is 55.3. The molecule has 2 aliphatic heterocycles. The third kappa shape index (κ3) is 6.43. The maximum atomic E-state index is 11.7. The van der Waals surface area contributed by atoms with Gasteiger partial charge in [0.05, 0.1) is 34.2 Å². The molecule has 0 radical (unpaired) electrons. The Labute approximate surface area is 298 Å². The van der Waals surface area contributed by atoms with Crippen LogP contribution < -0.4 is 31.6 Å². The summed E-state index contributed by atoms with van der Waals surface area (Å²) in [5.41, 5.74) is 14.4. The Morgan fingerprint density at radius 2 is 1.15 bits per heavy atom. The first kappa shape index (κ1) is 34.3. The van der Waals surface area contributed by atoms with Crippen LogP contribution in [0.4, 0.5) is 0 Å². The molecule has 14 heteroatoms. The molecule has 2 fully saturated rings. The van der Waals surface area contributed by atoms with E-state index < -0.39 is 11.8 Å². The quantitative estimate of drug-likeness (QED) is 0.165. The third-order valence-electron chi connectivity index (χ3n) is 10.0. The van der Waals surface area contributed by atoms with Gasteiger partial charge in [0, 0.05) is 48.4 Å². The number of hydrogen-bond donors (Lipinski definition) is 4. The van der Waals surface area contributed by atoms with E-state index >= 15 is 0 Å². The Morgan fingerprint density at radius 3 is 1.54 bits per heavy atom. The highest BCUT2D eigenvalue weighted by atomic mass is 16.5. The fourth-order valence-corrected chi connectivity index (χ4v) is 7.33. The SMILES string of the molecule is CC[C@@H]1CC(=O)N[C@@H]1COc1cccc2cc(C(N)=O)c3nccn3c12.CC[C@H]1CC(=O)N[C@@H]1COc1cccc2cc(C(N)=O)c3nccn3c12. The van der Waals surface area contributed by atoms with E-state index in [4.69, 9.17) is 20.9 Å². The molecule has 6 aromatic rings. The summed E-state index contributed by atoms with van der Waals surface area (Å²) in [6.45, 7) is 4.96. The second kappa shape index (κ2) is 14.2. The molecule has 0 saturated carbocycles. The molecule has 2 aromatic carbocycles. The summed E-state index contributed by atoms with van der Waals surface area (Å²) < 4.78 is 15.8. The van der Waals surface area contributed by atoms with Crippen LogP contribution in [0.3, 0.4) is 0 Å². The molecule has 0 aliphatic carbocycles. The van der Waals surface area contributed by atoms with Gasteiger partial charge in [0.2, 0.25) is 11.8 Å². The van der Waals surface area contributed by atoms with Crippen molar-refractivity contribution in [2.75, 3.05) is 13.2 Å². The summed E-state index contributed by atoms with van der Waals surface area (Å²) in [5, 5.41) is 7.64. The number of benzene rings is 2. The number of pyridine rings is 2. The van der Waals surface area contributed by atoms with Crippen molar-refractivity contribution in [3.05, 3.63) is 84.4 Å². The summed E-state index contributed by atoms with van der Waals surface area (Å²) >= 11 is 0. The molecule has 52 heavy (non-hydrogen) atoms. The molecule has 4 atom stereocenters. The van der Waals surface area contributed by atoms with Crippen LogP contribution in [0.5, 0.6) is 11.5 Å². The van der Waals surface area contributed by atoms with Crippen molar-refractivity contribution in [2.45, 2.75) is 51.6 Å². The largest absolute Gasteiger partial charge is 0.489 e. The Bertz CT molecular complexity index is 2180. The number of hydrogen-bond acceptors (Lipinski definition) is 8. The van der Waals surface area contributed by atoms with Gasteiger partial charge < -0.3 is 31.6 Å². The maximum absolute atomic E-state index is 11.7. The molecule has 4 amide bonds. The Morgan fingerprint density at radius 1 is 0.731 bits per heavy atom. The molecular formula is C38H40N8O6. The molecule has 2 saturated heterocycles. The van der Waals surface area contributed by atoms with Gasteiger partial charge in [-0.05, 0) is 36.1 Å². The number of carbonyl (C=O) groups is 4. The number of fused-ring (bicyclic) bond motifs is 6. The molecule has 4 aromatic heterocycles. The van der Waals surface area contributed by atoms with Crippen LogP contribution >= 0.6 is 0 Å². The van der Waals surface area contributed by atoms with E-state index in [1.165, 1.54) is 0 Å². The number of nitrogens with zero attached hydrogens (tertiary/aromatic N) is 4. The van der Waals surface area contributed by atoms with Gasteiger partial charge in [-0.15, -0.1) is 0 Å². The summed E-state index contributed by atoms with van der Waals surface area (Å²) in [7, 11) is 0. The molecule has 14 nitrogen and oxygen atoms in total. The van der Waals surface area contributed by atoms with Gasteiger partial charge in [0.1, 0.15) is 36.0 Å². The zero-order chi connectivity index (χ0) is 36.5. The first-order chi connectivity index (χ1) is 25.2. The zero-order valence-electron chi connectivity index (χ0n) is 28.9. The number of nitrogens with one attached hydrogen (secondary N) is 2. The van der Waals surface area contributed by atoms with Gasteiger partial charge in [-0.1, -0.05) is 51.0 Å². The van der Waals surface area contributed by atoms with Crippen molar-refractivity contribution < 1.29 is 28.7 Å². The molecule has 6 heterocycles. The average Bonchev–Trinajstić information content (AvgIpc) is 3.95. The monoisotopic (exact) mass is 704 g/mol. The van der Waals surface area contributed by atoms with Gasteiger partial charge in [-0.3, -0.25) is 28.0 Å². The van der Waals surface area contributed by atoms with E-state index in [9.17, 15) is 19.2 Å². The zero-order valence-corrected chi connectivity index (χ0v) is 28.9. The number of imidazole rings is 2. The lowest BCUT2D eigenvalue weighted by atomic mass is 9.98. The van der Waals surface area contributed by atoms with Crippen LogP contribution in [0.2, 0.25) is 0 Å². The fourth-order valence-electron chi connectivity index (χ4n) is 7.33. The van der Waals surface area contributed by atoms with Gasteiger partial charge in [0.15, 0.2) is 0 Å². The first-order valence-electron chi connectivity index (χ1n) is 17.4. The number of nitrogens with two attached hydrogens (primary N) is 2. The van der Waals surface area contributed by atoms with E-state index in [0.29, 0.717) is 60.0 Å². The number of para-hydroxylation sites is 2. The molecule has 0 spiro atoms. The third-order valence-corrected chi connectivity index (χ3v) is 10.0. The van der Waals surface area contributed by atoms with Crippen LogP contribution in [0.15, 0.2) is 73.3 Å². The van der Waals surface area contributed by atoms with Crippen molar-refractivity contribution >= 4 is 56.7 Å². The molecule has 2 aliphatic rings. The molecular weight excluding hydrogens is 664 g/mol. The van der Waals surface area contributed by atoms with E-state index in [2.05, 4.69) is 34.4 Å². The molecule has 0 unspecified atom stereocenters. The van der Waals surface area contributed by atoms with Gasteiger partial charge in [-0.25, -0.2) is 9.97 Å². The van der Waals surface area contributed by atoms with Crippen LogP contribution in [0.1, 0.15) is 60.2 Å². The highest BCUT2D eigenvalue weighted by Gasteiger charge is 2.32. The lowest BCUT2D eigenvalue weighted by Crippen LogP contribution is -2.34. The number of amides is 4. The van der Waals surface area contributed by atoms with Crippen molar-refractivity contribution in [3.63, 3.8) is 0 Å². The number of aromatic nitrogens is 4. The smallest absolute Gasteiger partial charge is 0.252 e. The highest BCUT2D eigenvalue weighted by Crippen LogP contribution is 2.31. The van der Waals surface area contributed by atoms with Crippen molar-refractivity contribution in [3.8, 4) is 11.5 Å². The standard InChI is InChI=1S/2C19H20N4O3/c2*1-2-11-9-16(24)22-14(11)10-26-15-5-3-4-12-8-13(18(20)25)19-21-6-7-23(19)17(12)15/h2*3-8,11,14H,2,9-10H2,1H3,(H2,20,25)(H,22,24)/t11-,14+;11-,14-/m01/s1. The summed E-state index contributed by atoms with van der Waals surface area (Å²) in [6, 6.07) is 14.8. The Balaban J connectivity index is 0.000000162. The second-order valence-corrected chi connectivity index (χ2v) is 13.2. The summed E-state index contributed by atoms with van der Waals surface area (Å²) in [6.07, 6.45) is 9.77. The topological polar surface area (TPSA) is 197 Å². The lowest BCUT2D eigenvalue weighted by Gasteiger charge is -2.19. The number of ether oxygens (including phenoxy) is 2. The average molecular weight is 705 g/mol. The van der Waals surface area contributed by atoms with Crippen LogP contribution in [0, 0.1) is 11.8 Å². The van der Waals surface area contributed by atoms with Crippen molar-refractivity contribution in [2.24, 2.45) is 23.3 Å². The second-order valence-electron chi connectivity index (χ2n) is 13.2. The summed E-state index contributed by atoms with van der Waals surface area (Å²) in [5.74, 6) is 1.04. The minimum Gasteiger partial charge on any atom is -0.489 e. The van der Waals surface area contributed by atoms with Gasteiger partial charge in [-0.2, -0.15) is 0 Å². The Hall–Kier alpha value is -6.18. The van der Waals surface area contributed by atoms with Crippen molar-refractivity contribution in [1.82, 2.24) is 29.4 Å². The van der Waals surface area contributed by atoms with Gasteiger partial charge >= 0.3 is 0 Å². The lowest BCUT2D eigenvalue weighted by molar-refractivity contribution is -0.120. The van der Waals surface area contributed by atoms with E-state index in [1.54, 1.807) is 36.9 Å². The van der Waals surface area contributed by atoms with Gasteiger partial charge in [0.25, 0.3) is 11.8 Å². The Kier molecular flexibility index (Phi) is 9.37. The molecule has 268 valence electrons. The fraction of sp³-hybridized carbons (Fsp3) is 0.316. The van der Waals surface area contributed by atoms with Crippen molar-refractivity contribution in [1.29, 1.82) is 0 Å². The molecule has 6 N–H and O–H groups in total. The maximum Gasteiger partial charge on any atom is 0.252 e. The predicted molar refractivity (Wildman–Crippen MR) is 194 cm³/mol. The van der Waals surface area contributed by atoms with E-state index in [1.807, 2.05) is 45.2 Å². The minimum atomic E-state index is -0.520. The molecule has 0 bridgehead atoms. The van der Waals surface area contributed by atoms with Crippen LogP contribution in [-0.4, -0.2) is 67.7 Å². The van der Waals surface area contributed by atoms with E-state index in [0.717, 1.165) is 34.6 Å². The normalized spacial score (nSPS) is 19.8. The molecule has 8 rings (SSSR count). The number of rotatable bonds is 10. The van der Waals surface area contributed by atoms with Crippen LogP contribution in [-0.2, 0) is 9.59 Å². The first-order valence-corrected chi connectivity index (χ1v) is 17.4. The number of primary amides is 2. The predicted octanol–water partition coefficient (Wildman–Crippen LogP) is 3.76. The minimum absolute atomic E-state index is 0.00549.